The molecule has 0 amide bonds. The second-order valence-corrected chi connectivity index (χ2v) is 5.59. The SMILES string of the molecule is C=C(C)C1(C(=O)OCC)CC=C(CCCOC(C)=O)CC1. The zero-order valence-electron chi connectivity index (χ0n) is 13.4. The van der Waals surface area contributed by atoms with Crippen molar-refractivity contribution in [3.05, 3.63) is 23.8 Å². The summed E-state index contributed by atoms with van der Waals surface area (Å²) in [5.74, 6) is -0.399. The maximum absolute atomic E-state index is 12.2. The molecule has 1 atom stereocenters. The van der Waals surface area contributed by atoms with Gasteiger partial charge in [0.05, 0.1) is 18.6 Å². The summed E-state index contributed by atoms with van der Waals surface area (Å²) in [6.45, 7) is 9.98. The average Bonchev–Trinajstić information content (AvgIpc) is 2.44. The Hall–Kier alpha value is -1.58. The minimum absolute atomic E-state index is 0.160. The molecular weight excluding hydrogens is 268 g/mol. The molecule has 0 saturated heterocycles. The summed E-state index contributed by atoms with van der Waals surface area (Å²) in [7, 11) is 0. The Balaban J connectivity index is 2.58. The van der Waals surface area contributed by atoms with Gasteiger partial charge < -0.3 is 9.47 Å². The van der Waals surface area contributed by atoms with E-state index in [1.807, 2.05) is 13.8 Å². The van der Waals surface area contributed by atoms with Crippen LogP contribution in [0.1, 0.15) is 52.9 Å². The fourth-order valence-corrected chi connectivity index (χ4v) is 2.66. The van der Waals surface area contributed by atoms with E-state index in [0.717, 1.165) is 31.3 Å². The standard InChI is InChI=1S/C17H26O4/c1-5-20-16(19)17(13(2)3)10-8-15(9-11-17)7-6-12-21-14(4)18/h8H,2,5-7,9-12H2,1,3-4H3. The Morgan fingerprint density at radius 1 is 1.33 bits per heavy atom. The van der Waals surface area contributed by atoms with Crippen molar-refractivity contribution < 1.29 is 19.1 Å². The van der Waals surface area contributed by atoms with Crippen LogP contribution in [0.15, 0.2) is 23.8 Å². The molecule has 21 heavy (non-hydrogen) atoms. The summed E-state index contributed by atoms with van der Waals surface area (Å²) in [5.41, 5.74) is 1.63. The summed E-state index contributed by atoms with van der Waals surface area (Å²) in [4.78, 5) is 22.9. The molecule has 0 heterocycles. The fourth-order valence-electron chi connectivity index (χ4n) is 2.66. The van der Waals surface area contributed by atoms with E-state index in [9.17, 15) is 9.59 Å². The zero-order valence-corrected chi connectivity index (χ0v) is 13.4. The zero-order chi connectivity index (χ0) is 15.9. The lowest BCUT2D eigenvalue weighted by Gasteiger charge is -2.34. The van der Waals surface area contributed by atoms with Crippen LogP contribution >= 0.6 is 0 Å². The van der Waals surface area contributed by atoms with E-state index in [2.05, 4.69) is 12.7 Å². The van der Waals surface area contributed by atoms with Gasteiger partial charge in [0.15, 0.2) is 0 Å². The third-order valence-corrected chi connectivity index (χ3v) is 4.04. The van der Waals surface area contributed by atoms with Gasteiger partial charge in [0.25, 0.3) is 0 Å². The summed E-state index contributed by atoms with van der Waals surface area (Å²) in [5, 5.41) is 0. The maximum atomic E-state index is 12.2. The normalized spacial score (nSPS) is 21.4. The van der Waals surface area contributed by atoms with E-state index >= 15 is 0 Å². The predicted molar refractivity (Wildman–Crippen MR) is 81.7 cm³/mol. The Kier molecular flexibility index (Phi) is 6.66. The number of hydrogen-bond donors (Lipinski definition) is 0. The molecule has 0 spiro atoms. The highest BCUT2D eigenvalue weighted by Gasteiger charge is 2.41. The van der Waals surface area contributed by atoms with Gasteiger partial charge in [-0.3, -0.25) is 9.59 Å². The van der Waals surface area contributed by atoms with E-state index in [1.165, 1.54) is 12.5 Å². The quantitative estimate of drug-likeness (QED) is 0.409. The molecule has 118 valence electrons. The molecule has 0 fully saturated rings. The second kappa shape index (κ2) is 8.01. The van der Waals surface area contributed by atoms with Crippen LogP contribution in [0, 0.1) is 5.41 Å². The van der Waals surface area contributed by atoms with Crippen LogP contribution in [0.5, 0.6) is 0 Å². The highest BCUT2D eigenvalue weighted by atomic mass is 16.5. The predicted octanol–water partition coefficient (Wildman–Crippen LogP) is 3.57. The Bertz CT molecular complexity index is 436. The number of rotatable bonds is 7. The van der Waals surface area contributed by atoms with Gasteiger partial charge in [-0.05, 0) is 46.0 Å². The summed E-state index contributed by atoms with van der Waals surface area (Å²) >= 11 is 0. The molecule has 1 aliphatic rings. The van der Waals surface area contributed by atoms with Crippen LogP contribution in [-0.2, 0) is 19.1 Å². The molecule has 0 aromatic heterocycles. The van der Waals surface area contributed by atoms with Crippen molar-refractivity contribution >= 4 is 11.9 Å². The number of esters is 2. The summed E-state index contributed by atoms with van der Waals surface area (Å²) in [6.07, 6.45) is 6.13. The number of carbonyl (C=O) groups is 2. The van der Waals surface area contributed by atoms with Crippen LogP contribution in [0.4, 0.5) is 0 Å². The molecule has 4 nitrogen and oxygen atoms in total. The van der Waals surface area contributed by atoms with E-state index < -0.39 is 5.41 Å². The van der Waals surface area contributed by atoms with Crippen molar-refractivity contribution in [3.8, 4) is 0 Å². The Morgan fingerprint density at radius 2 is 2.05 bits per heavy atom. The third kappa shape index (κ3) is 4.73. The molecule has 0 saturated carbocycles. The van der Waals surface area contributed by atoms with E-state index in [-0.39, 0.29) is 11.9 Å². The van der Waals surface area contributed by atoms with Crippen molar-refractivity contribution in [1.29, 1.82) is 0 Å². The number of hydrogen-bond acceptors (Lipinski definition) is 4. The van der Waals surface area contributed by atoms with Gasteiger partial charge in [0, 0.05) is 6.92 Å². The molecule has 0 bridgehead atoms. The minimum Gasteiger partial charge on any atom is -0.466 e. The molecule has 1 aliphatic carbocycles. The maximum Gasteiger partial charge on any atom is 0.316 e. The number of ether oxygens (including phenoxy) is 2. The summed E-state index contributed by atoms with van der Waals surface area (Å²) in [6, 6.07) is 0. The van der Waals surface area contributed by atoms with Crippen LogP contribution in [0.3, 0.4) is 0 Å². The topological polar surface area (TPSA) is 52.6 Å². The highest BCUT2D eigenvalue weighted by Crippen LogP contribution is 2.42. The first-order chi connectivity index (χ1) is 9.92. The van der Waals surface area contributed by atoms with Crippen molar-refractivity contribution in [2.24, 2.45) is 5.41 Å². The first kappa shape index (κ1) is 17.5. The first-order valence-electron chi connectivity index (χ1n) is 7.57. The van der Waals surface area contributed by atoms with Gasteiger partial charge in [-0.1, -0.05) is 23.8 Å². The number of allylic oxidation sites excluding steroid dienone is 2. The largest absolute Gasteiger partial charge is 0.466 e. The van der Waals surface area contributed by atoms with Crippen LogP contribution in [0.25, 0.3) is 0 Å². The van der Waals surface area contributed by atoms with Gasteiger partial charge >= 0.3 is 11.9 Å². The van der Waals surface area contributed by atoms with E-state index in [4.69, 9.17) is 9.47 Å². The third-order valence-electron chi connectivity index (χ3n) is 4.04. The van der Waals surface area contributed by atoms with Crippen LogP contribution < -0.4 is 0 Å². The lowest BCUT2D eigenvalue weighted by molar-refractivity contribution is -0.153. The molecule has 0 N–H and O–H groups in total. The van der Waals surface area contributed by atoms with Gasteiger partial charge in [0.2, 0.25) is 0 Å². The molecule has 0 radical (unpaired) electrons. The minimum atomic E-state index is -0.560. The fraction of sp³-hybridized carbons (Fsp3) is 0.647. The van der Waals surface area contributed by atoms with Crippen molar-refractivity contribution in [2.45, 2.75) is 52.9 Å². The van der Waals surface area contributed by atoms with Crippen molar-refractivity contribution in [1.82, 2.24) is 0 Å². The monoisotopic (exact) mass is 294 g/mol. The van der Waals surface area contributed by atoms with Gasteiger partial charge in [-0.25, -0.2) is 0 Å². The van der Waals surface area contributed by atoms with Crippen LogP contribution in [0.2, 0.25) is 0 Å². The Labute approximate surface area is 127 Å². The van der Waals surface area contributed by atoms with Crippen LogP contribution in [-0.4, -0.2) is 25.2 Å². The molecule has 1 unspecified atom stereocenters. The Morgan fingerprint density at radius 3 is 2.52 bits per heavy atom. The lowest BCUT2D eigenvalue weighted by atomic mass is 9.70. The average molecular weight is 294 g/mol. The van der Waals surface area contributed by atoms with E-state index in [1.54, 1.807) is 0 Å². The molecule has 0 aliphatic heterocycles. The molecule has 0 aromatic rings. The molecule has 4 heteroatoms. The van der Waals surface area contributed by atoms with Gasteiger partial charge in [-0.2, -0.15) is 0 Å². The van der Waals surface area contributed by atoms with Gasteiger partial charge in [0.1, 0.15) is 0 Å². The van der Waals surface area contributed by atoms with Crippen molar-refractivity contribution in [2.75, 3.05) is 13.2 Å². The van der Waals surface area contributed by atoms with Crippen molar-refractivity contribution in [3.63, 3.8) is 0 Å². The second-order valence-electron chi connectivity index (χ2n) is 5.59. The highest BCUT2D eigenvalue weighted by molar-refractivity contribution is 5.81. The number of carbonyl (C=O) groups excluding carboxylic acids is 2. The van der Waals surface area contributed by atoms with Gasteiger partial charge in [-0.15, -0.1) is 0 Å². The molecule has 0 aromatic carbocycles. The molecule has 1 rings (SSSR count). The first-order valence-corrected chi connectivity index (χ1v) is 7.57. The lowest BCUT2D eigenvalue weighted by Crippen LogP contribution is -2.35. The summed E-state index contributed by atoms with van der Waals surface area (Å²) < 4.78 is 10.1. The smallest absolute Gasteiger partial charge is 0.316 e. The van der Waals surface area contributed by atoms with E-state index in [0.29, 0.717) is 19.6 Å². The molecular formula is C17H26O4.